The quantitative estimate of drug-likeness (QED) is 0.348. The molecule has 228 valence electrons. The number of carbonyl (C=O) groups is 1. The van der Waals surface area contributed by atoms with Gasteiger partial charge in [0.1, 0.15) is 35.7 Å². The maximum atomic E-state index is 15.0. The Morgan fingerprint density at radius 1 is 1.14 bits per heavy atom. The Morgan fingerprint density at radius 3 is 2.89 bits per heavy atom. The molecule has 2 aromatic heterocycles. The predicted molar refractivity (Wildman–Crippen MR) is 159 cm³/mol. The van der Waals surface area contributed by atoms with Gasteiger partial charge in [0.15, 0.2) is 0 Å². The predicted octanol–water partition coefficient (Wildman–Crippen LogP) is 4.37. The zero-order valence-corrected chi connectivity index (χ0v) is 24.5. The molecule has 44 heavy (non-hydrogen) atoms. The van der Waals surface area contributed by atoms with Gasteiger partial charge in [-0.3, -0.25) is 14.4 Å². The van der Waals surface area contributed by atoms with E-state index in [-0.39, 0.29) is 42.2 Å². The van der Waals surface area contributed by atoms with Crippen molar-refractivity contribution in [1.82, 2.24) is 24.6 Å². The van der Waals surface area contributed by atoms with Crippen LogP contribution in [0.2, 0.25) is 0 Å². The standard InChI is InChI=1S/C32H33F2N7O3/c1-2-23-24(34)5-4-19-12-22(42)13-26(27(19)23)40-17-25-28(30(40)43)29(38-10-11-41-21(16-38)6-8-35-41)37-31(36-25)44-18-32-7-3-9-39(32)15-20(33)14-32/h4-6,8,12-13,20,42H,2-3,7,9-11,14-18H2,1H3/t20-,32+/m1/s1. The molecule has 0 bridgehead atoms. The van der Waals surface area contributed by atoms with Gasteiger partial charge in [-0.2, -0.15) is 15.1 Å². The molecule has 0 unspecified atom stereocenters. The minimum absolute atomic E-state index is 0.0207. The summed E-state index contributed by atoms with van der Waals surface area (Å²) in [5, 5.41) is 16.2. The first-order chi connectivity index (χ1) is 21.3. The van der Waals surface area contributed by atoms with E-state index in [0.717, 1.165) is 25.1 Å². The Balaban J connectivity index is 1.20. The van der Waals surface area contributed by atoms with Gasteiger partial charge in [0.2, 0.25) is 0 Å². The minimum atomic E-state index is -0.880. The maximum absolute atomic E-state index is 15.0. The largest absolute Gasteiger partial charge is 0.508 e. The summed E-state index contributed by atoms with van der Waals surface area (Å²) >= 11 is 0. The van der Waals surface area contributed by atoms with Gasteiger partial charge in [0.05, 0.1) is 42.2 Å². The second-order valence-electron chi connectivity index (χ2n) is 12.3. The summed E-state index contributed by atoms with van der Waals surface area (Å²) in [5.74, 6) is -0.241. The number of fused-ring (bicyclic) bond motifs is 4. The number of benzene rings is 2. The lowest BCUT2D eigenvalue weighted by molar-refractivity contribution is 0.0996. The van der Waals surface area contributed by atoms with Crippen LogP contribution >= 0.6 is 0 Å². The highest BCUT2D eigenvalue weighted by atomic mass is 19.1. The molecule has 6 heterocycles. The Morgan fingerprint density at radius 2 is 2.02 bits per heavy atom. The van der Waals surface area contributed by atoms with Crippen LogP contribution in [0, 0.1) is 5.82 Å². The average Bonchev–Trinajstić information content (AvgIpc) is 3.77. The minimum Gasteiger partial charge on any atom is -0.508 e. The number of phenols is 1. The molecule has 1 N–H and O–H groups in total. The van der Waals surface area contributed by atoms with E-state index in [0.29, 0.717) is 78.1 Å². The van der Waals surface area contributed by atoms with E-state index in [1.54, 1.807) is 23.2 Å². The number of hydrogen-bond acceptors (Lipinski definition) is 8. The molecule has 4 aliphatic heterocycles. The number of ether oxygens (including phenoxy) is 1. The van der Waals surface area contributed by atoms with E-state index < -0.39 is 6.17 Å². The molecule has 4 aromatic rings. The Labute approximate surface area is 252 Å². The summed E-state index contributed by atoms with van der Waals surface area (Å²) in [6.45, 7) is 5.21. The number of alkyl halides is 1. The van der Waals surface area contributed by atoms with Crippen molar-refractivity contribution in [3.05, 3.63) is 64.9 Å². The van der Waals surface area contributed by atoms with Crippen LogP contribution in [0.3, 0.4) is 0 Å². The first-order valence-electron chi connectivity index (χ1n) is 15.3. The third-order valence-corrected chi connectivity index (χ3v) is 9.76. The second-order valence-corrected chi connectivity index (χ2v) is 12.3. The van der Waals surface area contributed by atoms with Gasteiger partial charge in [-0.15, -0.1) is 0 Å². The molecule has 2 aromatic carbocycles. The van der Waals surface area contributed by atoms with Crippen molar-refractivity contribution >= 4 is 28.2 Å². The zero-order valence-electron chi connectivity index (χ0n) is 24.5. The van der Waals surface area contributed by atoms with Crippen LogP contribution in [0.25, 0.3) is 10.8 Å². The Hall–Kier alpha value is -4.32. The van der Waals surface area contributed by atoms with Crippen LogP contribution in [0.4, 0.5) is 20.3 Å². The van der Waals surface area contributed by atoms with Crippen molar-refractivity contribution in [2.45, 2.75) is 64.0 Å². The van der Waals surface area contributed by atoms with Crippen molar-refractivity contribution in [3.63, 3.8) is 0 Å². The third-order valence-electron chi connectivity index (χ3n) is 9.76. The van der Waals surface area contributed by atoms with Crippen molar-refractivity contribution < 1.29 is 23.4 Å². The highest BCUT2D eigenvalue weighted by Crippen LogP contribution is 2.43. The topological polar surface area (TPSA) is 99.9 Å². The van der Waals surface area contributed by atoms with Crippen molar-refractivity contribution in [2.75, 3.05) is 36.0 Å². The summed E-state index contributed by atoms with van der Waals surface area (Å²) in [4.78, 5) is 29.6. The molecule has 1 amide bonds. The fourth-order valence-corrected chi connectivity index (χ4v) is 7.70. The fourth-order valence-electron chi connectivity index (χ4n) is 7.70. The van der Waals surface area contributed by atoms with Gasteiger partial charge in [-0.05, 0) is 55.0 Å². The summed E-state index contributed by atoms with van der Waals surface area (Å²) in [6.07, 6.45) is 3.57. The fraction of sp³-hybridized carbons (Fsp3) is 0.438. The van der Waals surface area contributed by atoms with Gasteiger partial charge in [-0.1, -0.05) is 13.0 Å². The van der Waals surface area contributed by atoms with Crippen LogP contribution in [0.15, 0.2) is 36.5 Å². The van der Waals surface area contributed by atoms with E-state index >= 15 is 0 Å². The average molecular weight is 602 g/mol. The van der Waals surface area contributed by atoms with E-state index in [4.69, 9.17) is 14.7 Å². The lowest BCUT2D eigenvalue weighted by Gasteiger charge is -2.32. The molecule has 4 aliphatic rings. The van der Waals surface area contributed by atoms with E-state index in [1.165, 1.54) is 12.1 Å². The van der Waals surface area contributed by atoms with Crippen LogP contribution in [-0.2, 0) is 26.1 Å². The number of carbonyl (C=O) groups excluding carboxylic acids is 1. The second kappa shape index (κ2) is 10.1. The van der Waals surface area contributed by atoms with Crippen molar-refractivity contribution in [1.29, 1.82) is 0 Å². The van der Waals surface area contributed by atoms with Crippen LogP contribution in [-0.4, -0.2) is 73.6 Å². The summed E-state index contributed by atoms with van der Waals surface area (Å²) in [7, 11) is 0. The lowest BCUT2D eigenvalue weighted by Crippen LogP contribution is -2.43. The molecule has 12 heteroatoms. The van der Waals surface area contributed by atoms with E-state index in [2.05, 4.69) is 10.00 Å². The highest BCUT2D eigenvalue weighted by molar-refractivity contribution is 6.16. The number of hydrogen-bond donors (Lipinski definition) is 1. The molecule has 10 nitrogen and oxygen atoms in total. The SMILES string of the molecule is CCc1c(F)ccc2cc(O)cc(N3Cc4nc(OC[C@@]56CCCN5C[C@H](F)C6)nc(N5CCn6nccc6C5)c4C3=O)c12. The smallest absolute Gasteiger partial charge is 0.318 e. The molecule has 0 spiro atoms. The molecular formula is C32H33F2N7O3. The van der Waals surface area contributed by atoms with Gasteiger partial charge in [0, 0.05) is 37.2 Å². The van der Waals surface area contributed by atoms with E-state index in [9.17, 15) is 18.7 Å². The molecule has 8 rings (SSSR count). The number of nitrogens with zero attached hydrogens (tertiary/aromatic N) is 7. The Kier molecular flexibility index (Phi) is 6.26. The number of aromatic nitrogens is 4. The number of aromatic hydroxyl groups is 1. The molecular weight excluding hydrogens is 568 g/mol. The molecule has 2 atom stereocenters. The monoisotopic (exact) mass is 601 g/mol. The van der Waals surface area contributed by atoms with E-state index in [1.807, 2.05) is 22.6 Å². The Bertz CT molecular complexity index is 1810. The van der Waals surface area contributed by atoms with Crippen LogP contribution < -0.4 is 14.5 Å². The molecule has 2 saturated heterocycles. The normalized spacial score (nSPS) is 23.0. The van der Waals surface area contributed by atoms with Gasteiger partial charge < -0.3 is 19.6 Å². The number of anilines is 2. The number of rotatable bonds is 6. The van der Waals surface area contributed by atoms with Gasteiger partial charge in [-0.25, -0.2) is 8.78 Å². The zero-order chi connectivity index (χ0) is 30.2. The number of aryl methyl sites for hydroxylation is 1. The summed E-state index contributed by atoms with van der Waals surface area (Å²) < 4.78 is 37.6. The number of amides is 1. The van der Waals surface area contributed by atoms with Crippen molar-refractivity contribution in [3.8, 4) is 11.8 Å². The number of phenolic OH excluding ortho intramolecular Hbond substituents is 1. The van der Waals surface area contributed by atoms with Crippen LogP contribution in [0.5, 0.6) is 11.8 Å². The maximum Gasteiger partial charge on any atom is 0.318 e. The summed E-state index contributed by atoms with van der Waals surface area (Å²) in [6, 6.07) is 8.19. The molecule has 2 fully saturated rings. The van der Waals surface area contributed by atoms with Gasteiger partial charge >= 0.3 is 6.01 Å². The van der Waals surface area contributed by atoms with Crippen molar-refractivity contribution in [2.24, 2.45) is 0 Å². The van der Waals surface area contributed by atoms with Gasteiger partial charge in [0.25, 0.3) is 5.91 Å². The first-order valence-corrected chi connectivity index (χ1v) is 15.3. The molecule has 0 radical (unpaired) electrons. The highest BCUT2D eigenvalue weighted by Gasteiger charge is 2.49. The molecule has 0 aliphatic carbocycles. The van der Waals surface area contributed by atoms with Crippen LogP contribution in [0.1, 0.15) is 53.5 Å². The summed E-state index contributed by atoms with van der Waals surface area (Å²) in [5.41, 5.74) is 2.38. The number of halogens is 2. The first kappa shape index (κ1) is 27.2. The third kappa shape index (κ3) is 4.21. The lowest BCUT2D eigenvalue weighted by atomic mass is 9.95. The molecule has 0 saturated carbocycles.